The van der Waals surface area contributed by atoms with Crippen LogP contribution in [0.5, 0.6) is 0 Å². The summed E-state index contributed by atoms with van der Waals surface area (Å²) in [6.07, 6.45) is 4.58. The number of nitrogens with two attached hydrogens (primary N) is 1. The van der Waals surface area contributed by atoms with Gasteiger partial charge in [0.05, 0.1) is 11.9 Å². The normalized spacial score (nSPS) is 18.5. The average molecular weight is 371 g/mol. The topological polar surface area (TPSA) is 75.3 Å². The fourth-order valence-electron chi connectivity index (χ4n) is 2.93. The first-order valence-corrected chi connectivity index (χ1v) is 8.97. The van der Waals surface area contributed by atoms with Crippen LogP contribution in [0.3, 0.4) is 0 Å². The highest BCUT2D eigenvalue weighted by Gasteiger charge is 2.21. The molecule has 0 fully saturated rings. The maximum atomic E-state index is 13.5. The second-order valence-electron chi connectivity index (χ2n) is 6.39. The molecule has 2 heterocycles. The van der Waals surface area contributed by atoms with Crippen molar-refractivity contribution < 1.29 is 8.78 Å². The average Bonchev–Trinajstić information content (AvgIpc) is 2.60. The summed E-state index contributed by atoms with van der Waals surface area (Å²) in [5, 5.41) is 6.39. The van der Waals surface area contributed by atoms with Crippen molar-refractivity contribution in [3.8, 4) is 0 Å². The van der Waals surface area contributed by atoms with Crippen molar-refractivity contribution in [1.82, 2.24) is 15.6 Å². The second-order valence-corrected chi connectivity index (χ2v) is 6.39. The van der Waals surface area contributed by atoms with Gasteiger partial charge in [0.15, 0.2) is 6.17 Å². The largest absolute Gasteiger partial charge is 0.344 e. The lowest BCUT2D eigenvalue weighted by Gasteiger charge is -2.25. The van der Waals surface area contributed by atoms with Crippen LogP contribution in [-0.2, 0) is 0 Å². The molecule has 7 heteroatoms. The number of hydrogen-bond donors (Lipinski definition) is 3. The summed E-state index contributed by atoms with van der Waals surface area (Å²) in [5.74, 6) is -0.135. The molecule has 4 N–H and O–H groups in total. The first-order valence-electron chi connectivity index (χ1n) is 8.97. The maximum absolute atomic E-state index is 13.5. The lowest BCUT2D eigenvalue weighted by Crippen LogP contribution is -2.40. The maximum Gasteiger partial charge on any atom is 0.213 e. The third-order valence-corrected chi connectivity index (χ3v) is 4.25. The highest BCUT2D eigenvalue weighted by molar-refractivity contribution is 5.96. The van der Waals surface area contributed by atoms with E-state index in [4.69, 9.17) is 5.73 Å². The summed E-state index contributed by atoms with van der Waals surface area (Å²) < 4.78 is 26.6. The molecule has 3 rings (SSSR count). The van der Waals surface area contributed by atoms with Gasteiger partial charge in [0.1, 0.15) is 11.7 Å². The molecule has 1 aromatic carbocycles. The Morgan fingerprint density at radius 3 is 2.74 bits per heavy atom. The van der Waals surface area contributed by atoms with Crippen molar-refractivity contribution in [2.24, 2.45) is 10.7 Å². The molecule has 0 spiro atoms. The minimum Gasteiger partial charge on any atom is -0.344 e. The first-order chi connectivity index (χ1) is 13.0. The van der Waals surface area contributed by atoms with Crippen LogP contribution in [0.25, 0.3) is 0 Å². The van der Waals surface area contributed by atoms with E-state index in [-0.39, 0.29) is 18.0 Å². The summed E-state index contributed by atoms with van der Waals surface area (Å²) in [6, 6.07) is 11.1. The molecule has 3 atom stereocenters. The van der Waals surface area contributed by atoms with Gasteiger partial charge in [-0.1, -0.05) is 31.5 Å². The van der Waals surface area contributed by atoms with Gasteiger partial charge in [-0.3, -0.25) is 5.32 Å². The molecule has 1 aliphatic heterocycles. The summed E-state index contributed by atoms with van der Waals surface area (Å²) in [4.78, 5) is 8.14. The van der Waals surface area contributed by atoms with E-state index in [1.807, 2.05) is 6.07 Å². The third-order valence-electron chi connectivity index (χ3n) is 4.25. The highest BCUT2D eigenvalue weighted by atomic mass is 19.1. The monoisotopic (exact) mass is 371 g/mol. The van der Waals surface area contributed by atoms with Gasteiger partial charge in [-0.15, -0.1) is 0 Å². The second kappa shape index (κ2) is 8.83. The van der Waals surface area contributed by atoms with Gasteiger partial charge in [0, 0.05) is 6.04 Å². The molecular formula is C20H23F2N5. The van der Waals surface area contributed by atoms with Crippen LogP contribution in [0.4, 0.5) is 8.78 Å². The minimum absolute atomic E-state index is 0.0362. The predicted molar refractivity (Wildman–Crippen MR) is 102 cm³/mol. The molecule has 0 aliphatic carbocycles. The van der Waals surface area contributed by atoms with Crippen molar-refractivity contribution >= 4 is 5.84 Å². The fraction of sp³-hybridized carbons (Fsp3) is 0.300. The predicted octanol–water partition coefficient (Wildman–Crippen LogP) is 3.33. The summed E-state index contributed by atoms with van der Waals surface area (Å²) in [5.41, 5.74) is 7.54. The molecule has 0 amide bonds. The zero-order chi connectivity index (χ0) is 19.2. The zero-order valence-corrected chi connectivity index (χ0v) is 15.1. The Kier molecular flexibility index (Phi) is 6.26. The summed E-state index contributed by atoms with van der Waals surface area (Å²) >= 11 is 0. The van der Waals surface area contributed by atoms with Crippen LogP contribution in [0, 0.1) is 11.8 Å². The quantitative estimate of drug-likeness (QED) is 0.491. The Morgan fingerprint density at radius 1 is 1.26 bits per heavy atom. The van der Waals surface area contributed by atoms with E-state index < -0.39 is 12.1 Å². The molecule has 1 aromatic heterocycles. The van der Waals surface area contributed by atoms with Gasteiger partial charge in [-0.2, -0.15) is 4.39 Å². The molecule has 27 heavy (non-hydrogen) atoms. The molecule has 0 saturated carbocycles. The number of benzene rings is 1. The van der Waals surface area contributed by atoms with Crippen molar-refractivity contribution in [1.29, 1.82) is 0 Å². The van der Waals surface area contributed by atoms with Crippen LogP contribution in [-0.4, -0.2) is 17.0 Å². The van der Waals surface area contributed by atoms with Crippen LogP contribution < -0.4 is 16.4 Å². The third kappa shape index (κ3) is 5.18. The number of aromatic nitrogens is 1. The zero-order valence-electron chi connectivity index (χ0n) is 15.1. The number of amidine groups is 1. The molecule has 3 unspecified atom stereocenters. The lowest BCUT2D eigenvalue weighted by atomic mass is 10.0. The van der Waals surface area contributed by atoms with E-state index in [1.165, 1.54) is 18.2 Å². The van der Waals surface area contributed by atoms with Crippen molar-refractivity contribution in [3.63, 3.8) is 0 Å². The number of rotatable bonds is 8. The molecular weight excluding hydrogens is 348 g/mol. The Balaban J connectivity index is 1.58. The Labute approximate surface area is 157 Å². The Hall–Kier alpha value is -2.64. The number of nitrogens with zero attached hydrogens (tertiary/aromatic N) is 2. The molecule has 5 nitrogen and oxygen atoms in total. The van der Waals surface area contributed by atoms with Gasteiger partial charge in [0.2, 0.25) is 5.95 Å². The number of halogens is 2. The molecule has 1 aliphatic rings. The van der Waals surface area contributed by atoms with Gasteiger partial charge >= 0.3 is 0 Å². The van der Waals surface area contributed by atoms with Crippen molar-refractivity contribution in [2.75, 3.05) is 0 Å². The van der Waals surface area contributed by atoms with Gasteiger partial charge in [-0.25, -0.2) is 14.4 Å². The van der Waals surface area contributed by atoms with E-state index in [1.54, 1.807) is 30.4 Å². The van der Waals surface area contributed by atoms with E-state index in [2.05, 4.69) is 27.5 Å². The minimum atomic E-state index is -0.529. The Bertz CT molecular complexity index is 837. The number of hydrogen-bond acceptors (Lipinski definition) is 5. The highest BCUT2D eigenvalue weighted by Crippen LogP contribution is 2.21. The van der Waals surface area contributed by atoms with Crippen molar-refractivity contribution in [3.05, 3.63) is 77.6 Å². The van der Waals surface area contributed by atoms with Crippen molar-refractivity contribution in [2.45, 2.75) is 38.1 Å². The summed E-state index contributed by atoms with van der Waals surface area (Å²) in [6.45, 7) is 2.07. The molecule has 2 aromatic rings. The van der Waals surface area contributed by atoms with E-state index in [0.29, 0.717) is 11.5 Å². The standard InChI is InChI=1S/C20H23F2N5/c1-2-5-15(13-6-3-7-14(21)12-13)25-18(23)10-11-19-26-20(27-19)16-8-4-9-17(22)24-16/h3-4,6-12,15,18,20,25H,2,5,23H2,1H3,(H,26,27)/b11-10-. The fourth-order valence-corrected chi connectivity index (χ4v) is 2.93. The first kappa shape index (κ1) is 19.1. The number of aliphatic imine (C=N–C) groups is 1. The SMILES string of the molecule is CCCC(NC(N)/C=C\C1=NC(c2cccc(F)n2)N1)c1cccc(F)c1. The van der Waals surface area contributed by atoms with Crippen LogP contribution in [0.1, 0.15) is 43.2 Å². The van der Waals surface area contributed by atoms with Gasteiger partial charge in [0.25, 0.3) is 0 Å². The van der Waals surface area contributed by atoms with Gasteiger partial charge < -0.3 is 11.1 Å². The smallest absolute Gasteiger partial charge is 0.213 e. The molecule has 0 bridgehead atoms. The van der Waals surface area contributed by atoms with Crippen LogP contribution >= 0.6 is 0 Å². The Morgan fingerprint density at radius 2 is 2.04 bits per heavy atom. The van der Waals surface area contributed by atoms with E-state index in [0.717, 1.165) is 18.4 Å². The number of nitrogens with one attached hydrogen (secondary N) is 2. The lowest BCUT2D eigenvalue weighted by molar-refractivity contribution is 0.457. The molecule has 0 saturated heterocycles. The van der Waals surface area contributed by atoms with Crippen LogP contribution in [0.2, 0.25) is 0 Å². The molecule has 0 radical (unpaired) electrons. The molecule has 142 valence electrons. The van der Waals surface area contributed by atoms with E-state index in [9.17, 15) is 8.78 Å². The van der Waals surface area contributed by atoms with Gasteiger partial charge in [-0.05, 0) is 48.4 Å². The van der Waals surface area contributed by atoms with E-state index >= 15 is 0 Å². The number of pyridine rings is 1. The summed E-state index contributed by atoms with van der Waals surface area (Å²) in [7, 11) is 0. The van der Waals surface area contributed by atoms with Crippen LogP contribution in [0.15, 0.2) is 59.6 Å².